The second kappa shape index (κ2) is 8.35. The first-order chi connectivity index (χ1) is 14.6. The number of aliphatic hydroxyl groups excluding tert-OH is 1. The van der Waals surface area contributed by atoms with Crippen molar-refractivity contribution in [2.24, 2.45) is 58.5 Å². The largest absolute Gasteiger partial charge is 0.396 e. The maximum Gasteiger partial charge on any atom is 0.137 e. The fraction of sp³-hybridized carbons (Fsp3) is 0.889. The Bertz CT molecular complexity index is 655. The highest BCUT2D eigenvalue weighted by atomic mass is 16.3. The predicted octanol–water partition coefficient (Wildman–Crippen LogP) is 5.12. The summed E-state index contributed by atoms with van der Waals surface area (Å²) < 4.78 is 0. The fourth-order valence-corrected chi connectivity index (χ4v) is 9.47. The molecular weight excluding hydrogens is 370 g/mol. The SMILES string of the molecule is C=C1CC[C@@H]2[C@H]([C@@H]3C[C@@H](C4CCCCC4)C[C@H]13)[C@@]2([C@H]1CCC[C@H](CO)C1)[C@@H](N)C=O. The zero-order chi connectivity index (χ0) is 20.9. The molecule has 0 unspecified atom stereocenters. The van der Waals surface area contributed by atoms with Gasteiger partial charge in [-0.3, -0.25) is 0 Å². The van der Waals surface area contributed by atoms with E-state index in [1.54, 1.807) is 0 Å². The molecule has 5 aliphatic carbocycles. The van der Waals surface area contributed by atoms with Crippen molar-refractivity contribution in [2.75, 3.05) is 6.61 Å². The monoisotopic (exact) mass is 413 g/mol. The summed E-state index contributed by atoms with van der Waals surface area (Å²) >= 11 is 0. The summed E-state index contributed by atoms with van der Waals surface area (Å²) in [6.07, 6.45) is 17.9. The van der Waals surface area contributed by atoms with Crippen LogP contribution < -0.4 is 5.73 Å². The molecule has 5 rings (SSSR count). The van der Waals surface area contributed by atoms with Crippen LogP contribution in [0.2, 0.25) is 0 Å². The molecule has 0 heterocycles. The molecule has 5 aliphatic rings. The summed E-state index contributed by atoms with van der Waals surface area (Å²) in [7, 11) is 0. The molecule has 5 fully saturated rings. The first-order valence-electron chi connectivity index (χ1n) is 13.1. The molecule has 0 spiro atoms. The number of aldehydes is 1. The number of hydrogen-bond donors (Lipinski definition) is 2. The quantitative estimate of drug-likeness (QED) is 0.486. The fourth-order valence-electron chi connectivity index (χ4n) is 9.47. The Hall–Kier alpha value is -0.670. The van der Waals surface area contributed by atoms with Crippen LogP contribution in [0.1, 0.15) is 83.5 Å². The van der Waals surface area contributed by atoms with E-state index in [2.05, 4.69) is 6.58 Å². The van der Waals surface area contributed by atoms with Crippen LogP contribution in [0.3, 0.4) is 0 Å². The summed E-state index contributed by atoms with van der Waals surface area (Å²) in [6.45, 7) is 4.86. The Labute approximate surface area is 183 Å². The van der Waals surface area contributed by atoms with Crippen molar-refractivity contribution < 1.29 is 9.90 Å². The lowest BCUT2D eigenvalue weighted by Crippen LogP contribution is -2.44. The van der Waals surface area contributed by atoms with E-state index < -0.39 is 0 Å². The Kier molecular flexibility index (Phi) is 5.90. The van der Waals surface area contributed by atoms with Crippen molar-refractivity contribution in [1.82, 2.24) is 0 Å². The van der Waals surface area contributed by atoms with Crippen LogP contribution in [0.5, 0.6) is 0 Å². The summed E-state index contributed by atoms with van der Waals surface area (Å²) in [5.41, 5.74) is 8.21. The maximum absolute atomic E-state index is 12.1. The molecule has 0 saturated heterocycles. The van der Waals surface area contributed by atoms with E-state index in [0.717, 1.165) is 37.4 Å². The molecule has 0 aliphatic heterocycles. The molecular formula is C27H43NO2. The van der Waals surface area contributed by atoms with Gasteiger partial charge < -0.3 is 15.6 Å². The highest BCUT2D eigenvalue weighted by Gasteiger charge is 2.73. The molecule has 9 atom stereocenters. The van der Waals surface area contributed by atoms with Gasteiger partial charge in [-0.2, -0.15) is 0 Å². The van der Waals surface area contributed by atoms with E-state index in [9.17, 15) is 9.90 Å². The topological polar surface area (TPSA) is 63.3 Å². The van der Waals surface area contributed by atoms with Crippen LogP contribution in [0.4, 0.5) is 0 Å². The van der Waals surface area contributed by atoms with Gasteiger partial charge in [-0.1, -0.05) is 50.7 Å². The summed E-state index contributed by atoms with van der Waals surface area (Å²) in [6, 6.07) is -0.323. The van der Waals surface area contributed by atoms with Gasteiger partial charge in [0.15, 0.2) is 0 Å². The van der Waals surface area contributed by atoms with Gasteiger partial charge in [0.25, 0.3) is 0 Å². The van der Waals surface area contributed by atoms with E-state index in [0.29, 0.717) is 42.1 Å². The molecule has 3 N–H and O–H groups in total. The third-order valence-corrected chi connectivity index (χ3v) is 10.7. The standard InChI is InChI=1S/C27H43NO2/c1-17-10-11-24-26(23-14-20(13-22(17)23)19-7-3-2-4-8-19)27(24,25(28)16-30)21-9-5-6-18(12-21)15-29/h16,18-26,29H,1-15,28H2/t18-,20-,21-,22+,23+,24+,25-,26-,27+/m0/s1. The Morgan fingerprint density at radius 3 is 2.57 bits per heavy atom. The highest BCUT2D eigenvalue weighted by Crippen LogP contribution is 2.76. The molecule has 3 heteroatoms. The predicted molar refractivity (Wildman–Crippen MR) is 121 cm³/mol. The summed E-state index contributed by atoms with van der Waals surface area (Å²) in [5, 5.41) is 9.85. The molecule has 0 bridgehead atoms. The second-order valence-electron chi connectivity index (χ2n) is 11.8. The minimum atomic E-state index is -0.323. The summed E-state index contributed by atoms with van der Waals surface area (Å²) in [5.74, 6) is 5.35. The molecule has 0 aromatic rings. The van der Waals surface area contributed by atoms with Crippen LogP contribution in [0, 0.1) is 52.8 Å². The maximum atomic E-state index is 12.1. The van der Waals surface area contributed by atoms with Crippen molar-refractivity contribution in [3.8, 4) is 0 Å². The van der Waals surface area contributed by atoms with Crippen molar-refractivity contribution in [2.45, 2.75) is 89.5 Å². The van der Waals surface area contributed by atoms with Gasteiger partial charge in [0, 0.05) is 12.0 Å². The van der Waals surface area contributed by atoms with Crippen LogP contribution in [-0.4, -0.2) is 24.0 Å². The van der Waals surface area contributed by atoms with Crippen LogP contribution in [0.25, 0.3) is 0 Å². The number of carbonyl (C=O) groups excluding carboxylic acids is 1. The zero-order valence-corrected chi connectivity index (χ0v) is 18.8. The molecule has 0 amide bonds. The van der Waals surface area contributed by atoms with Gasteiger partial charge in [-0.25, -0.2) is 0 Å². The number of rotatable bonds is 5. The van der Waals surface area contributed by atoms with Gasteiger partial charge in [-0.05, 0) is 92.3 Å². The first kappa shape index (κ1) is 21.2. The zero-order valence-electron chi connectivity index (χ0n) is 18.8. The van der Waals surface area contributed by atoms with Gasteiger partial charge in [0.2, 0.25) is 0 Å². The van der Waals surface area contributed by atoms with E-state index in [1.165, 1.54) is 69.8 Å². The number of allylic oxidation sites excluding steroid dienone is 1. The van der Waals surface area contributed by atoms with Crippen molar-refractivity contribution >= 4 is 6.29 Å². The van der Waals surface area contributed by atoms with Crippen LogP contribution in [0.15, 0.2) is 12.2 Å². The van der Waals surface area contributed by atoms with Gasteiger partial charge in [0.05, 0.1) is 6.04 Å². The average molecular weight is 414 g/mol. The minimum absolute atomic E-state index is 0.0145. The lowest BCUT2D eigenvalue weighted by molar-refractivity contribution is -0.111. The number of aliphatic hydroxyl groups is 1. The Morgan fingerprint density at radius 2 is 1.83 bits per heavy atom. The van der Waals surface area contributed by atoms with E-state index in [4.69, 9.17) is 5.73 Å². The van der Waals surface area contributed by atoms with Gasteiger partial charge in [-0.15, -0.1) is 0 Å². The molecule has 5 saturated carbocycles. The molecule has 3 nitrogen and oxygen atoms in total. The lowest BCUT2D eigenvalue weighted by atomic mass is 9.66. The normalized spacial score (nSPS) is 47.8. The minimum Gasteiger partial charge on any atom is -0.396 e. The van der Waals surface area contributed by atoms with Gasteiger partial charge in [0.1, 0.15) is 6.29 Å². The molecule has 0 aromatic carbocycles. The highest BCUT2D eigenvalue weighted by molar-refractivity contribution is 5.61. The van der Waals surface area contributed by atoms with Gasteiger partial charge >= 0.3 is 0 Å². The Morgan fingerprint density at radius 1 is 1.03 bits per heavy atom. The number of hydrogen-bond acceptors (Lipinski definition) is 3. The molecule has 168 valence electrons. The van der Waals surface area contributed by atoms with E-state index >= 15 is 0 Å². The van der Waals surface area contributed by atoms with E-state index in [-0.39, 0.29) is 11.5 Å². The number of carbonyl (C=O) groups is 1. The van der Waals surface area contributed by atoms with Crippen molar-refractivity contribution in [3.05, 3.63) is 12.2 Å². The third-order valence-electron chi connectivity index (χ3n) is 10.7. The average Bonchev–Trinajstić information content (AvgIpc) is 3.31. The molecule has 30 heavy (non-hydrogen) atoms. The first-order valence-corrected chi connectivity index (χ1v) is 13.1. The van der Waals surface area contributed by atoms with E-state index in [1.807, 2.05) is 0 Å². The van der Waals surface area contributed by atoms with Crippen molar-refractivity contribution in [3.63, 3.8) is 0 Å². The molecule has 0 aromatic heterocycles. The second-order valence-corrected chi connectivity index (χ2v) is 11.8. The van der Waals surface area contributed by atoms with Crippen LogP contribution in [-0.2, 0) is 4.79 Å². The third kappa shape index (κ3) is 3.25. The number of nitrogens with two attached hydrogens (primary N) is 1. The van der Waals surface area contributed by atoms with Crippen LogP contribution >= 0.6 is 0 Å². The smallest absolute Gasteiger partial charge is 0.137 e. The molecule has 0 radical (unpaired) electrons. The lowest BCUT2D eigenvalue weighted by Gasteiger charge is -2.39. The Balaban J connectivity index is 1.42. The van der Waals surface area contributed by atoms with Crippen molar-refractivity contribution in [1.29, 1.82) is 0 Å². The number of fused-ring (bicyclic) bond motifs is 3. The summed E-state index contributed by atoms with van der Waals surface area (Å²) in [4.78, 5) is 12.1.